The van der Waals surface area contributed by atoms with E-state index in [4.69, 9.17) is 0 Å². The zero-order valence-corrected chi connectivity index (χ0v) is 9.38. The topological polar surface area (TPSA) is 26.3 Å². The summed E-state index contributed by atoms with van der Waals surface area (Å²) in [5.41, 5.74) is 0.643. The molecule has 0 heterocycles. The minimum atomic E-state index is -2.73. The third kappa shape index (κ3) is 5.23. The number of hydrogen-bond donors (Lipinski definition) is 0. The summed E-state index contributed by atoms with van der Waals surface area (Å²) < 4.78 is 27.2. The van der Waals surface area contributed by atoms with Crippen LogP contribution in [0.15, 0.2) is 30.3 Å². The van der Waals surface area contributed by atoms with E-state index >= 15 is 0 Å². The van der Waals surface area contributed by atoms with E-state index in [0.29, 0.717) is 11.3 Å². The molecule has 1 aromatic rings. The van der Waals surface area contributed by atoms with Gasteiger partial charge in [0.2, 0.25) is 0 Å². The fraction of sp³-hybridized carbons (Fsp3) is 0.364. The Morgan fingerprint density at radius 2 is 2.00 bits per heavy atom. The molecular formula is C11H12F2O2S. The van der Waals surface area contributed by atoms with Crippen molar-refractivity contribution in [2.75, 3.05) is 18.1 Å². The first kappa shape index (κ1) is 13.1. The van der Waals surface area contributed by atoms with Crippen LogP contribution in [-0.4, -0.2) is 30.5 Å². The van der Waals surface area contributed by atoms with Gasteiger partial charge < -0.3 is 4.74 Å². The Balaban J connectivity index is 2.16. The number of thioether (sulfide) groups is 1. The fourth-order valence-electron chi connectivity index (χ4n) is 1.07. The van der Waals surface area contributed by atoms with Crippen LogP contribution in [0.25, 0.3) is 0 Å². The average molecular weight is 246 g/mol. The Morgan fingerprint density at radius 1 is 1.31 bits per heavy atom. The molecule has 0 unspecified atom stereocenters. The lowest BCUT2D eigenvalue weighted by atomic mass is 10.2. The van der Waals surface area contributed by atoms with Crippen molar-refractivity contribution in [1.82, 2.24) is 0 Å². The highest BCUT2D eigenvalue weighted by Gasteiger charge is 2.05. The molecule has 0 spiro atoms. The van der Waals surface area contributed by atoms with E-state index in [-0.39, 0.29) is 18.1 Å². The lowest BCUT2D eigenvalue weighted by Crippen LogP contribution is -2.06. The molecule has 0 aliphatic carbocycles. The molecule has 0 aromatic heterocycles. The van der Waals surface area contributed by atoms with Gasteiger partial charge in [-0.15, -0.1) is 0 Å². The largest absolute Gasteiger partial charge is 0.345 e. The van der Waals surface area contributed by atoms with E-state index in [2.05, 4.69) is 4.74 Å². The molecule has 0 aliphatic heterocycles. The highest BCUT2D eigenvalue weighted by molar-refractivity contribution is 8.00. The van der Waals surface area contributed by atoms with Crippen molar-refractivity contribution in [3.63, 3.8) is 0 Å². The van der Waals surface area contributed by atoms with Gasteiger partial charge in [0.25, 0.3) is 0 Å². The predicted octanol–water partition coefficient (Wildman–Crippen LogP) is 2.84. The first-order valence-electron chi connectivity index (χ1n) is 4.76. The summed E-state index contributed by atoms with van der Waals surface area (Å²) in [5, 5.41) is 0. The number of carbonyl (C=O) groups excluding carboxylic acids is 1. The van der Waals surface area contributed by atoms with Crippen LogP contribution in [-0.2, 0) is 4.74 Å². The van der Waals surface area contributed by atoms with E-state index in [1.165, 1.54) is 11.8 Å². The van der Waals surface area contributed by atoms with Gasteiger partial charge in [0.15, 0.2) is 5.78 Å². The van der Waals surface area contributed by atoms with Gasteiger partial charge >= 0.3 is 6.61 Å². The number of alkyl halides is 2. The maximum Gasteiger partial charge on any atom is 0.345 e. The minimum absolute atomic E-state index is 0.00245. The molecule has 0 radical (unpaired) electrons. The summed E-state index contributed by atoms with van der Waals surface area (Å²) in [4.78, 5) is 11.5. The second kappa shape index (κ2) is 7.35. The van der Waals surface area contributed by atoms with Gasteiger partial charge in [0.1, 0.15) is 0 Å². The molecular weight excluding hydrogens is 234 g/mol. The van der Waals surface area contributed by atoms with E-state index in [0.717, 1.165) is 0 Å². The maximum absolute atomic E-state index is 11.6. The van der Waals surface area contributed by atoms with Gasteiger partial charge in [0.05, 0.1) is 12.4 Å². The summed E-state index contributed by atoms with van der Waals surface area (Å²) in [6, 6.07) is 8.88. The number of carbonyl (C=O) groups is 1. The molecule has 88 valence electrons. The van der Waals surface area contributed by atoms with Crippen molar-refractivity contribution < 1.29 is 18.3 Å². The van der Waals surface area contributed by atoms with Crippen molar-refractivity contribution in [2.45, 2.75) is 6.61 Å². The van der Waals surface area contributed by atoms with Crippen LogP contribution in [0, 0.1) is 0 Å². The quantitative estimate of drug-likeness (QED) is 0.546. The molecule has 16 heavy (non-hydrogen) atoms. The van der Waals surface area contributed by atoms with Crippen LogP contribution in [0.5, 0.6) is 0 Å². The first-order valence-corrected chi connectivity index (χ1v) is 5.91. The standard InChI is InChI=1S/C11H12F2O2S/c12-11(13)15-6-7-16-8-10(14)9-4-2-1-3-5-9/h1-5,11H,6-8H2. The number of ketones is 1. The van der Waals surface area contributed by atoms with Crippen molar-refractivity contribution in [3.8, 4) is 0 Å². The second-order valence-corrected chi connectivity index (χ2v) is 4.08. The highest BCUT2D eigenvalue weighted by atomic mass is 32.2. The fourth-order valence-corrected chi connectivity index (χ4v) is 1.78. The smallest absolute Gasteiger partial charge is 0.322 e. The summed E-state index contributed by atoms with van der Waals surface area (Å²) >= 11 is 1.29. The molecule has 5 heteroatoms. The van der Waals surface area contributed by atoms with Gasteiger partial charge in [-0.3, -0.25) is 4.79 Å². The monoisotopic (exact) mass is 246 g/mol. The Bertz CT molecular complexity index is 317. The third-order valence-corrected chi connectivity index (χ3v) is 2.72. The van der Waals surface area contributed by atoms with E-state index < -0.39 is 6.61 Å². The predicted molar refractivity (Wildman–Crippen MR) is 60.1 cm³/mol. The van der Waals surface area contributed by atoms with Crippen molar-refractivity contribution in [3.05, 3.63) is 35.9 Å². The SMILES string of the molecule is O=C(CSCCOC(F)F)c1ccccc1. The van der Waals surface area contributed by atoms with Crippen molar-refractivity contribution in [1.29, 1.82) is 0 Å². The normalized spacial score (nSPS) is 10.7. The Hall–Kier alpha value is -0.940. The summed E-state index contributed by atoms with van der Waals surface area (Å²) in [5.74, 6) is 0.683. The van der Waals surface area contributed by atoms with Crippen LogP contribution < -0.4 is 0 Å². The van der Waals surface area contributed by atoms with Crippen LogP contribution in [0.1, 0.15) is 10.4 Å². The number of benzene rings is 1. The van der Waals surface area contributed by atoms with E-state index in [9.17, 15) is 13.6 Å². The van der Waals surface area contributed by atoms with Crippen LogP contribution >= 0.6 is 11.8 Å². The molecule has 0 saturated carbocycles. The van der Waals surface area contributed by atoms with Gasteiger partial charge in [-0.2, -0.15) is 20.5 Å². The number of ether oxygens (including phenoxy) is 1. The molecule has 1 aromatic carbocycles. The molecule has 2 nitrogen and oxygen atoms in total. The lowest BCUT2D eigenvalue weighted by molar-refractivity contribution is -0.123. The molecule has 0 aliphatic rings. The summed E-state index contributed by atoms with van der Waals surface area (Å²) in [6.07, 6.45) is 0. The highest BCUT2D eigenvalue weighted by Crippen LogP contribution is 2.07. The summed E-state index contributed by atoms with van der Waals surface area (Å²) in [6.45, 7) is -2.77. The molecule has 1 rings (SSSR count). The lowest BCUT2D eigenvalue weighted by Gasteiger charge is -2.02. The minimum Gasteiger partial charge on any atom is -0.322 e. The molecule has 0 amide bonds. The molecule has 0 N–H and O–H groups in total. The molecule has 0 bridgehead atoms. The van der Waals surface area contributed by atoms with Crippen LogP contribution in [0.4, 0.5) is 8.78 Å². The van der Waals surface area contributed by atoms with Crippen LogP contribution in [0.2, 0.25) is 0 Å². The zero-order chi connectivity index (χ0) is 11.8. The van der Waals surface area contributed by atoms with E-state index in [1.54, 1.807) is 24.3 Å². The Labute approximate surface area is 97.0 Å². The van der Waals surface area contributed by atoms with Gasteiger partial charge in [0, 0.05) is 11.3 Å². The molecule has 0 fully saturated rings. The van der Waals surface area contributed by atoms with Gasteiger partial charge in [-0.25, -0.2) is 0 Å². The van der Waals surface area contributed by atoms with Crippen molar-refractivity contribution in [2.24, 2.45) is 0 Å². The first-order chi connectivity index (χ1) is 7.70. The number of Topliss-reactive ketones (excluding diaryl/α,β-unsaturated/α-hetero) is 1. The van der Waals surface area contributed by atoms with Crippen molar-refractivity contribution >= 4 is 17.5 Å². The Kier molecular flexibility index (Phi) is 6.03. The van der Waals surface area contributed by atoms with Gasteiger partial charge in [-0.1, -0.05) is 30.3 Å². The average Bonchev–Trinajstić information content (AvgIpc) is 2.29. The van der Waals surface area contributed by atoms with Gasteiger partial charge in [-0.05, 0) is 0 Å². The number of rotatable bonds is 7. The zero-order valence-electron chi connectivity index (χ0n) is 8.57. The maximum atomic E-state index is 11.6. The van der Waals surface area contributed by atoms with E-state index in [1.807, 2.05) is 6.07 Å². The van der Waals surface area contributed by atoms with Crippen LogP contribution in [0.3, 0.4) is 0 Å². The summed E-state index contributed by atoms with van der Waals surface area (Å²) in [7, 11) is 0. The number of halogens is 2. The number of hydrogen-bond acceptors (Lipinski definition) is 3. The molecule has 0 saturated heterocycles. The third-order valence-electron chi connectivity index (χ3n) is 1.80. The molecule has 0 atom stereocenters. The second-order valence-electron chi connectivity index (χ2n) is 2.97. The Morgan fingerprint density at radius 3 is 2.62 bits per heavy atom.